The third kappa shape index (κ3) is 8.77. The van der Waals surface area contributed by atoms with Crippen molar-refractivity contribution in [2.75, 3.05) is 26.7 Å². The number of thiazole rings is 1. The lowest BCUT2D eigenvalue weighted by molar-refractivity contribution is -0.140. The minimum atomic E-state index is -4.38. The van der Waals surface area contributed by atoms with Crippen molar-refractivity contribution in [3.63, 3.8) is 0 Å². The summed E-state index contributed by atoms with van der Waals surface area (Å²) in [6.07, 6.45) is 6.10. The topological polar surface area (TPSA) is 58.5 Å². The first kappa shape index (κ1) is 22.9. The summed E-state index contributed by atoms with van der Waals surface area (Å²) in [5.74, 6) is 0.650. The Balaban J connectivity index is 1.53. The lowest BCUT2D eigenvalue weighted by atomic mass is 10.1. The van der Waals surface area contributed by atoms with Crippen LogP contribution in [0.15, 0.2) is 10.4 Å². The van der Waals surface area contributed by atoms with Crippen molar-refractivity contribution in [3.05, 3.63) is 16.1 Å². The largest absolute Gasteiger partial charge is 0.434 e. The van der Waals surface area contributed by atoms with Crippen LogP contribution in [0.25, 0.3) is 0 Å². The van der Waals surface area contributed by atoms with Crippen LogP contribution in [-0.4, -0.2) is 43.8 Å². The molecule has 0 bridgehead atoms. The maximum atomic E-state index is 12.5. The molecule has 9 heteroatoms. The zero-order chi connectivity index (χ0) is 20.2. The molecule has 1 saturated carbocycles. The molecule has 1 aromatic rings. The molecule has 2 N–H and O–H groups in total. The van der Waals surface area contributed by atoms with Crippen LogP contribution in [0.2, 0.25) is 0 Å². The molecule has 0 radical (unpaired) electrons. The van der Waals surface area contributed by atoms with Crippen LogP contribution < -0.4 is 10.6 Å². The summed E-state index contributed by atoms with van der Waals surface area (Å²) in [7, 11) is 1.68. The molecule has 0 aromatic carbocycles. The number of nitrogens with one attached hydrogen (secondary N) is 2. The second-order valence-electron chi connectivity index (χ2n) is 6.99. The van der Waals surface area contributed by atoms with Crippen LogP contribution in [-0.2, 0) is 17.3 Å². The van der Waals surface area contributed by atoms with Crippen LogP contribution >= 0.6 is 11.3 Å². The summed E-state index contributed by atoms with van der Waals surface area (Å²) < 4.78 is 43.6. The molecule has 28 heavy (non-hydrogen) atoms. The van der Waals surface area contributed by atoms with Crippen LogP contribution in [0.1, 0.15) is 62.1 Å². The van der Waals surface area contributed by atoms with E-state index in [1.54, 1.807) is 7.05 Å². The predicted octanol–water partition coefficient (Wildman–Crippen LogP) is 4.39. The van der Waals surface area contributed by atoms with E-state index in [1.165, 1.54) is 38.5 Å². The predicted molar refractivity (Wildman–Crippen MR) is 107 cm³/mol. The lowest BCUT2D eigenvalue weighted by Gasteiger charge is -2.15. The fourth-order valence-electron chi connectivity index (χ4n) is 3.16. The van der Waals surface area contributed by atoms with Gasteiger partial charge >= 0.3 is 6.18 Å². The van der Waals surface area contributed by atoms with Gasteiger partial charge in [-0.05, 0) is 25.7 Å². The third-order valence-electron chi connectivity index (χ3n) is 4.72. The van der Waals surface area contributed by atoms with Gasteiger partial charge in [0.15, 0.2) is 11.7 Å². The number of hydrogen-bond donors (Lipinski definition) is 2. The Morgan fingerprint density at radius 1 is 1.18 bits per heavy atom. The summed E-state index contributed by atoms with van der Waals surface area (Å²) in [5.41, 5.74) is -0.818. The van der Waals surface area contributed by atoms with E-state index in [2.05, 4.69) is 20.6 Å². The van der Waals surface area contributed by atoms with E-state index in [-0.39, 0.29) is 0 Å². The number of guanidine groups is 1. The molecule has 2 rings (SSSR count). The number of aliphatic imine (C=N–C) groups is 1. The number of nitrogens with zero attached hydrogens (tertiary/aromatic N) is 2. The monoisotopic (exact) mass is 420 g/mol. The van der Waals surface area contributed by atoms with Gasteiger partial charge in [0.05, 0.1) is 11.1 Å². The van der Waals surface area contributed by atoms with E-state index >= 15 is 0 Å². The highest BCUT2D eigenvalue weighted by Gasteiger charge is 2.33. The number of alkyl halides is 3. The van der Waals surface area contributed by atoms with Crippen molar-refractivity contribution in [3.8, 4) is 0 Å². The molecule has 160 valence electrons. The maximum Gasteiger partial charge on any atom is 0.434 e. The third-order valence-corrected chi connectivity index (χ3v) is 5.63. The number of ether oxygens (including phenoxy) is 1. The second-order valence-corrected chi connectivity index (χ2v) is 7.93. The van der Waals surface area contributed by atoms with Crippen molar-refractivity contribution in [2.45, 2.75) is 70.1 Å². The summed E-state index contributed by atoms with van der Waals surface area (Å²) in [4.78, 5) is 7.76. The molecule has 1 fully saturated rings. The van der Waals surface area contributed by atoms with Crippen molar-refractivity contribution < 1.29 is 17.9 Å². The molecule has 1 heterocycles. The standard InChI is InChI=1S/C19H31F3N4OS/c1-23-18(25-12-10-17-26-16(14-28-17)19(20,21)22)24-11-6-7-13-27-15-8-4-2-3-5-9-15/h14-15H,2-13H2,1H3,(H2,23,24,25). The minimum absolute atomic E-state index is 0.427. The average Bonchev–Trinajstić information content (AvgIpc) is 2.99. The molecular weight excluding hydrogens is 389 g/mol. The van der Waals surface area contributed by atoms with Gasteiger partial charge in [-0.3, -0.25) is 4.99 Å². The van der Waals surface area contributed by atoms with Crippen LogP contribution in [0, 0.1) is 0 Å². The molecule has 0 unspecified atom stereocenters. The molecule has 1 aliphatic rings. The van der Waals surface area contributed by atoms with Crippen molar-refractivity contribution in [1.82, 2.24) is 15.6 Å². The van der Waals surface area contributed by atoms with E-state index in [0.717, 1.165) is 42.7 Å². The number of rotatable bonds is 9. The van der Waals surface area contributed by atoms with Crippen LogP contribution in [0.4, 0.5) is 13.2 Å². The summed E-state index contributed by atoms with van der Waals surface area (Å²) >= 11 is 1.03. The van der Waals surface area contributed by atoms with Gasteiger partial charge in [-0.15, -0.1) is 11.3 Å². The Hall–Kier alpha value is -1.35. The van der Waals surface area contributed by atoms with Gasteiger partial charge in [0.25, 0.3) is 0 Å². The van der Waals surface area contributed by atoms with E-state index in [4.69, 9.17) is 4.74 Å². The number of unbranched alkanes of at least 4 members (excludes halogenated alkanes) is 1. The Morgan fingerprint density at radius 3 is 2.54 bits per heavy atom. The fourth-order valence-corrected chi connectivity index (χ4v) is 3.96. The Kier molecular flexibility index (Phi) is 10.0. The fraction of sp³-hybridized carbons (Fsp3) is 0.789. The van der Waals surface area contributed by atoms with Gasteiger partial charge in [0, 0.05) is 38.5 Å². The highest BCUT2D eigenvalue weighted by molar-refractivity contribution is 7.09. The molecule has 0 amide bonds. The highest BCUT2D eigenvalue weighted by atomic mass is 32.1. The highest BCUT2D eigenvalue weighted by Crippen LogP contribution is 2.30. The molecule has 0 saturated heterocycles. The quantitative estimate of drug-likeness (QED) is 0.269. The van der Waals surface area contributed by atoms with E-state index < -0.39 is 11.9 Å². The Labute approximate surface area is 169 Å². The number of aromatic nitrogens is 1. The van der Waals surface area contributed by atoms with Crippen molar-refractivity contribution >= 4 is 17.3 Å². The second kappa shape index (κ2) is 12.3. The molecule has 0 spiro atoms. The average molecular weight is 421 g/mol. The van der Waals surface area contributed by atoms with Gasteiger partial charge in [0.2, 0.25) is 0 Å². The first-order valence-electron chi connectivity index (χ1n) is 10.1. The minimum Gasteiger partial charge on any atom is -0.378 e. The normalized spacial score (nSPS) is 16.8. The molecule has 1 aliphatic carbocycles. The number of hydrogen-bond acceptors (Lipinski definition) is 4. The van der Waals surface area contributed by atoms with Gasteiger partial charge < -0.3 is 15.4 Å². The maximum absolute atomic E-state index is 12.5. The van der Waals surface area contributed by atoms with Crippen LogP contribution in [0.3, 0.4) is 0 Å². The Morgan fingerprint density at radius 2 is 1.89 bits per heavy atom. The van der Waals surface area contributed by atoms with Gasteiger partial charge in [-0.2, -0.15) is 13.2 Å². The number of halogens is 3. The van der Waals surface area contributed by atoms with Crippen molar-refractivity contribution in [1.29, 1.82) is 0 Å². The van der Waals surface area contributed by atoms with Gasteiger partial charge in [-0.25, -0.2) is 4.98 Å². The Bertz CT molecular complexity index is 584. The molecule has 1 aromatic heterocycles. The van der Waals surface area contributed by atoms with Gasteiger partial charge in [0.1, 0.15) is 0 Å². The molecular formula is C19H31F3N4OS. The SMILES string of the molecule is CN=C(NCCCCOC1CCCCCC1)NCCc1nc(C(F)(F)F)cs1. The molecule has 5 nitrogen and oxygen atoms in total. The molecule has 0 aliphatic heterocycles. The molecule has 0 atom stereocenters. The van der Waals surface area contributed by atoms with E-state index in [9.17, 15) is 13.2 Å². The lowest BCUT2D eigenvalue weighted by Crippen LogP contribution is -2.38. The van der Waals surface area contributed by atoms with E-state index in [1.807, 2.05) is 0 Å². The zero-order valence-electron chi connectivity index (χ0n) is 16.5. The first-order chi connectivity index (χ1) is 13.5. The van der Waals surface area contributed by atoms with Crippen molar-refractivity contribution in [2.24, 2.45) is 4.99 Å². The first-order valence-corrected chi connectivity index (χ1v) is 10.9. The zero-order valence-corrected chi connectivity index (χ0v) is 17.3. The van der Waals surface area contributed by atoms with Crippen LogP contribution in [0.5, 0.6) is 0 Å². The summed E-state index contributed by atoms with van der Waals surface area (Å²) in [5, 5.41) is 7.85. The van der Waals surface area contributed by atoms with E-state index in [0.29, 0.717) is 30.0 Å². The smallest absolute Gasteiger partial charge is 0.378 e. The van der Waals surface area contributed by atoms with Gasteiger partial charge in [-0.1, -0.05) is 25.7 Å². The summed E-state index contributed by atoms with van der Waals surface area (Å²) in [6, 6.07) is 0. The summed E-state index contributed by atoms with van der Waals surface area (Å²) in [6.45, 7) is 2.06.